The molecule has 6 heteroatoms. The van der Waals surface area contributed by atoms with E-state index in [1.54, 1.807) is 0 Å². The fourth-order valence-corrected chi connectivity index (χ4v) is 2.06. The normalized spacial score (nSPS) is 10.2. The molecule has 0 radical (unpaired) electrons. The first-order valence-corrected chi connectivity index (χ1v) is 6.23. The van der Waals surface area contributed by atoms with Crippen molar-refractivity contribution < 1.29 is 23.8 Å². The van der Waals surface area contributed by atoms with Crippen LogP contribution in [0.25, 0.3) is 11.1 Å². The van der Waals surface area contributed by atoms with E-state index in [9.17, 15) is 14.0 Å². The van der Waals surface area contributed by atoms with Gasteiger partial charge < -0.3 is 9.84 Å². The van der Waals surface area contributed by atoms with Crippen LogP contribution in [-0.4, -0.2) is 24.2 Å². The number of esters is 1. The Morgan fingerprint density at radius 2 is 1.76 bits per heavy atom. The van der Waals surface area contributed by atoms with Gasteiger partial charge in [-0.05, 0) is 30.3 Å². The number of methoxy groups -OCH3 is 1. The van der Waals surface area contributed by atoms with Crippen LogP contribution in [0.4, 0.5) is 4.39 Å². The molecule has 2 aromatic carbocycles. The molecule has 0 saturated heterocycles. The second-order valence-electron chi connectivity index (χ2n) is 4.19. The number of hydrogen-bond acceptors (Lipinski definition) is 3. The molecule has 0 spiro atoms. The van der Waals surface area contributed by atoms with Gasteiger partial charge >= 0.3 is 11.9 Å². The van der Waals surface area contributed by atoms with E-state index in [-0.39, 0.29) is 27.3 Å². The quantitative estimate of drug-likeness (QED) is 0.879. The third-order valence-electron chi connectivity index (χ3n) is 2.89. The lowest BCUT2D eigenvalue weighted by molar-refractivity contribution is 0.0599. The molecule has 0 aromatic heterocycles. The number of carbonyl (C=O) groups is 2. The van der Waals surface area contributed by atoms with Crippen LogP contribution in [0.2, 0.25) is 5.02 Å². The summed E-state index contributed by atoms with van der Waals surface area (Å²) in [7, 11) is 1.20. The van der Waals surface area contributed by atoms with Crippen molar-refractivity contribution in [2.45, 2.75) is 0 Å². The van der Waals surface area contributed by atoms with E-state index in [1.165, 1.54) is 37.4 Å². The molecule has 4 nitrogen and oxygen atoms in total. The van der Waals surface area contributed by atoms with E-state index in [0.29, 0.717) is 0 Å². The van der Waals surface area contributed by atoms with E-state index in [4.69, 9.17) is 16.7 Å². The van der Waals surface area contributed by atoms with Crippen LogP contribution >= 0.6 is 11.6 Å². The molecule has 0 aliphatic heterocycles. The minimum Gasteiger partial charge on any atom is -0.478 e. The van der Waals surface area contributed by atoms with Gasteiger partial charge in [0.05, 0.1) is 18.2 Å². The summed E-state index contributed by atoms with van der Waals surface area (Å²) >= 11 is 5.99. The molecule has 0 heterocycles. The summed E-state index contributed by atoms with van der Waals surface area (Å²) in [5.74, 6) is -2.49. The van der Waals surface area contributed by atoms with Gasteiger partial charge in [-0.15, -0.1) is 0 Å². The molecule has 0 amide bonds. The fraction of sp³-hybridized carbons (Fsp3) is 0.0667. The Hall–Kier alpha value is -2.40. The van der Waals surface area contributed by atoms with Crippen molar-refractivity contribution in [1.29, 1.82) is 0 Å². The number of aromatic carboxylic acids is 1. The van der Waals surface area contributed by atoms with Crippen molar-refractivity contribution in [3.63, 3.8) is 0 Å². The number of benzene rings is 2. The number of halogens is 2. The van der Waals surface area contributed by atoms with Gasteiger partial charge in [0.1, 0.15) is 5.82 Å². The number of carboxylic acids is 1. The largest absolute Gasteiger partial charge is 0.478 e. The summed E-state index contributed by atoms with van der Waals surface area (Å²) in [5, 5.41) is 9.18. The third-order valence-corrected chi connectivity index (χ3v) is 3.22. The molecule has 21 heavy (non-hydrogen) atoms. The maximum Gasteiger partial charge on any atom is 0.337 e. The van der Waals surface area contributed by atoms with Crippen molar-refractivity contribution >= 4 is 23.5 Å². The predicted molar refractivity (Wildman–Crippen MR) is 75.1 cm³/mol. The van der Waals surface area contributed by atoms with Crippen molar-refractivity contribution in [2.75, 3.05) is 7.11 Å². The molecule has 1 N–H and O–H groups in total. The highest BCUT2D eigenvalue weighted by atomic mass is 35.5. The van der Waals surface area contributed by atoms with Crippen LogP contribution in [0.5, 0.6) is 0 Å². The average molecular weight is 309 g/mol. The Labute approximate surface area is 124 Å². The number of hydrogen-bond donors (Lipinski definition) is 1. The first kappa shape index (κ1) is 15.0. The molecule has 0 aliphatic rings. The van der Waals surface area contributed by atoms with Crippen molar-refractivity contribution in [1.82, 2.24) is 0 Å². The lowest BCUT2D eigenvalue weighted by Crippen LogP contribution is -2.02. The van der Waals surface area contributed by atoms with E-state index in [0.717, 1.165) is 6.07 Å². The standard InChI is InChI=1S/C15H10ClFO4/c1-21-15(20)9-2-4-10(13(17)7-9)11-6-8(14(18)19)3-5-12(11)16/h2-7H,1H3,(H,18,19). The molecule has 108 valence electrons. The lowest BCUT2D eigenvalue weighted by atomic mass is 10.0. The van der Waals surface area contributed by atoms with Gasteiger partial charge in [-0.25, -0.2) is 14.0 Å². The van der Waals surface area contributed by atoms with E-state index < -0.39 is 17.8 Å². The second kappa shape index (κ2) is 5.93. The van der Waals surface area contributed by atoms with E-state index in [2.05, 4.69) is 4.74 Å². The number of ether oxygens (including phenoxy) is 1. The van der Waals surface area contributed by atoms with Gasteiger partial charge in [-0.2, -0.15) is 0 Å². The van der Waals surface area contributed by atoms with Crippen molar-refractivity contribution in [3.05, 3.63) is 58.4 Å². The predicted octanol–water partition coefficient (Wildman–Crippen LogP) is 3.63. The van der Waals surface area contributed by atoms with Crippen LogP contribution in [0.3, 0.4) is 0 Å². The topological polar surface area (TPSA) is 63.6 Å². The van der Waals surface area contributed by atoms with Crippen molar-refractivity contribution in [2.24, 2.45) is 0 Å². The summed E-state index contributed by atoms with van der Waals surface area (Å²) in [6.45, 7) is 0. The summed E-state index contributed by atoms with van der Waals surface area (Å²) < 4.78 is 18.6. The highest BCUT2D eigenvalue weighted by molar-refractivity contribution is 6.33. The smallest absolute Gasteiger partial charge is 0.337 e. The average Bonchev–Trinajstić information content (AvgIpc) is 2.47. The molecule has 0 atom stereocenters. The van der Waals surface area contributed by atoms with Gasteiger partial charge in [0.2, 0.25) is 0 Å². The summed E-state index contributed by atoms with van der Waals surface area (Å²) in [6, 6.07) is 7.75. The van der Waals surface area contributed by atoms with Crippen molar-refractivity contribution in [3.8, 4) is 11.1 Å². The number of carbonyl (C=O) groups excluding carboxylic acids is 1. The maximum absolute atomic E-state index is 14.1. The lowest BCUT2D eigenvalue weighted by Gasteiger charge is -2.08. The highest BCUT2D eigenvalue weighted by Gasteiger charge is 2.15. The molecule has 0 fully saturated rings. The Bertz CT molecular complexity index is 728. The molecule has 0 aliphatic carbocycles. The van der Waals surface area contributed by atoms with Gasteiger partial charge in [0.25, 0.3) is 0 Å². The van der Waals surface area contributed by atoms with E-state index in [1.807, 2.05) is 0 Å². The Kier molecular flexibility index (Phi) is 4.23. The molecular weight excluding hydrogens is 299 g/mol. The fourth-order valence-electron chi connectivity index (χ4n) is 1.84. The third kappa shape index (κ3) is 3.03. The van der Waals surface area contributed by atoms with E-state index >= 15 is 0 Å². The molecule has 2 aromatic rings. The first-order chi connectivity index (χ1) is 9.93. The Morgan fingerprint density at radius 1 is 1.10 bits per heavy atom. The zero-order chi connectivity index (χ0) is 15.6. The Morgan fingerprint density at radius 3 is 2.33 bits per heavy atom. The molecule has 2 rings (SSSR count). The highest BCUT2D eigenvalue weighted by Crippen LogP contribution is 2.31. The monoisotopic (exact) mass is 308 g/mol. The zero-order valence-electron chi connectivity index (χ0n) is 10.9. The number of carboxylic acid groups (broad SMARTS) is 1. The molecular formula is C15H10ClFO4. The SMILES string of the molecule is COC(=O)c1ccc(-c2cc(C(=O)O)ccc2Cl)c(F)c1. The van der Waals surface area contributed by atoms with Crippen LogP contribution < -0.4 is 0 Å². The first-order valence-electron chi connectivity index (χ1n) is 5.85. The Balaban J connectivity index is 2.54. The van der Waals surface area contributed by atoms with Crippen LogP contribution in [0, 0.1) is 5.82 Å². The van der Waals surface area contributed by atoms with Crippen LogP contribution in [0.15, 0.2) is 36.4 Å². The van der Waals surface area contributed by atoms with Gasteiger partial charge in [-0.1, -0.05) is 17.7 Å². The van der Waals surface area contributed by atoms with Crippen LogP contribution in [-0.2, 0) is 4.74 Å². The minimum atomic E-state index is -1.14. The van der Waals surface area contributed by atoms with Gasteiger partial charge in [-0.3, -0.25) is 0 Å². The molecule has 0 saturated carbocycles. The second-order valence-corrected chi connectivity index (χ2v) is 4.59. The summed E-state index contributed by atoms with van der Waals surface area (Å²) in [6.07, 6.45) is 0. The zero-order valence-corrected chi connectivity index (χ0v) is 11.6. The van der Waals surface area contributed by atoms with Gasteiger partial charge in [0, 0.05) is 16.1 Å². The minimum absolute atomic E-state index is 0.00848. The maximum atomic E-state index is 14.1. The number of rotatable bonds is 3. The summed E-state index contributed by atoms with van der Waals surface area (Å²) in [4.78, 5) is 22.3. The van der Waals surface area contributed by atoms with Crippen LogP contribution in [0.1, 0.15) is 20.7 Å². The molecule has 0 unspecified atom stereocenters. The van der Waals surface area contributed by atoms with Gasteiger partial charge in [0.15, 0.2) is 0 Å². The summed E-state index contributed by atoms with van der Waals surface area (Å²) in [5.41, 5.74) is 0.399. The molecule has 0 bridgehead atoms.